The summed E-state index contributed by atoms with van der Waals surface area (Å²) in [7, 11) is 0. The van der Waals surface area contributed by atoms with Crippen LogP contribution < -0.4 is 0 Å². The van der Waals surface area contributed by atoms with Gasteiger partial charge in [0, 0.05) is 5.92 Å². The Bertz CT molecular complexity index is 584. The molecule has 1 heterocycles. The van der Waals surface area contributed by atoms with Crippen LogP contribution in [0.25, 0.3) is 0 Å². The first kappa shape index (κ1) is 13.3. The summed E-state index contributed by atoms with van der Waals surface area (Å²) in [5.41, 5.74) is 0.866. The molecule has 1 saturated carbocycles. The number of aliphatic hydroxyl groups is 1. The van der Waals surface area contributed by atoms with Crippen molar-refractivity contribution in [1.29, 1.82) is 0 Å². The quantitative estimate of drug-likeness (QED) is 0.921. The Morgan fingerprint density at radius 1 is 1.25 bits per heavy atom. The monoisotopic (exact) mass is 271 g/mol. The molecule has 0 radical (unpaired) electrons. The standard InChI is InChI=1S/C17H18FNO/c1-2-17(20,16-9-8-13(18)11-19-16)15-10-14(15)12-6-4-3-5-7-12/h3-9,11,14-15,20H,2,10H2,1H3. The van der Waals surface area contributed by atoms with E-state index in [2.05, 4.69) is 17.1 Å². The maximum Gasteiger partial charge on any atom is 0.141 e. The topological polar surface area (TPSA) is 33.1 Å². The van der Waals surface area contributed by atoms with Gasteiger partial charge in [0.2, 0.25) is 0 Å². The number of benzene rings is 1. The summed E-state index contributed by atoms with van der Waals surface area (Å²) in [5, 5.41) is 11.0. The van der Waals surface area contributed by atoms with Crippen molar-refractivity contribution in [1.82, 2.24) is 4.98 Å². The summed E-state index contributed by atoms with van der Waals surface area (Å²) in [4.78, 5) is 4.09. The molecule has 104 valence electrons. The molecule has 1 aromatic heterocycles. The van der Waals surface area contributed by atoms with Gasteiger partial charge in [-0.15, -0.1) is 0 Å². The molecule has 0 amide bonds. The fraction of sp³-hybridized carbons (Fsp3) is 0.353. The van der Waals surface area contributed by atoms with Gasteiger partial charge in [0.05, 0.1) is 11.9 Å². The van der Waals surface area contributed by atoms with Crippen LogP contribution in [0.2, 0.25) is 0 Å². The third-order valence-corrected chi connectivity index (χ3v) is 4.34. The zero-order valence-corrected chi connectivity index (χ0v) is 11.5. The maximum atomic E-state index is 13.0. The van der Waals surface area contributed by atoms with Crippen molar-refractivity contribution in [2.45, 2.75) is 31.3 Å². The number of hydrogen-bond donors (Lipinski definition) is 1. The number of aromatic nitrogens is 1. The summed E-state index contributed by atoms with van der Waals surface area (Å²) < 4.78 is 13.0. The molecule has 2 aromatic rings. The molecule has 1 N–H and O–H groups in total. The van der Waals surface area contributed by atoms with Crippen molar-refractivity contribution in [3.63, 3.8) is 0 Å². The smallest absolute Gasteiger partial charge is 0.141 e. The molecule has 0 spiro atoms. The zero-order chi connectivity index (χ0) is 14.2. The van der Waals surface area contributed by atoms with Gasteiger partial charge in [0.15, 0.2) is 0 Å². The van der Waals surface area contributed by atoms with E-state index >= 15 is 0 Å². The molecule has 20 heavy (non-hydrogen) atoms. The van der Waals surface area contributed by atoms with E-state index in [9.17, 15) is 9.50 Å². The van der Waals surface area contributed by atoms with Crippen molar-refractivity contribution >= 4 is 0 Å². The van der Waals surface area contributed by atoms with Crippen LogP contribution in [0, 0.1) is 11.7 Å². The Morgan fingerprint density at radius 3 is 2.60 bits per heavy atom. The summed E-state index contributed by atoms with van der Waals surface area (Å²) in [6.45, 7) is 1.95. The Labute approximate surface area is 118 Å². The second kappa shape index (κ2) is 4.98. The molecule has 3 atom stereocenters. The van der Waals surface area contributed by atoms with E-state index in [1.807, 2.05) is 25.1 Å². The Balaban J connectivity index is 1.86. The van der Waals surface area contributed by atoms with E-state index in [-0.39, 0.29) is 11.7 Å². The number of halogens is 1. The van der Waals surface area contributed by atoms with E-state index < -0.39 is 5.60 Å². The van der Waals surface area contributed by atoms with E-state index in [1.54, 1.807) is 6.07 Å². The molecule has 0 saturated heterocycles. The van der Waals surface area contributed by atoms with Gasteiger partial charge in [0.1, 0.15) is 11.4 Å². The Kier molecular flexibility index (Phi) is 3.30. The summed E-state index contributed by atoms with van der Waals surface area (Å²) in [6.07, 6.45) is 2.71. The molecule has 0 bridgehead atoms. The van der Waals surface area contributed by atoms with Crippen LogP contribution in [0.5, 0.6) is 0 Å². The number of rotatable bonds is 4. The lowest BCUT2D eigenvalue weighted by Gasteiger charge is -2.27. The summed E-state index contributed by atoms with van der Waals surface area (Å²) in [5.74, 6) is 0.156. The van der Waals surface area contributed by atoms with Crippen LogP contribution in [0.1, 0.15) is 36.9 Å². The van der Waals surface area contributed by atoms with Crippen LogP contribution in [0.3, 0.4) is 0 Å². The molecule has 1 aliphatic carbocycles. The first-order valence-corrected chi connectivity index (χ1v) is 7.04. The lowest BCUT2D eigenvalue weighted by atomic mass is 9.88. The molecule has 3 rings (SSSR count). The predicted octanol–water partition coefficient (Wildman–Crippen LogP) is 3.62. The van der Waals surface area contributed by atoms with Crippen molar-refractivity contribution in [2.75, 3.05) is 0 Å². The second-order valence-corrected chi connectivity index (χ2v) is 5.50. The first-order chi connectivity index (χ1) is 9.65. The van der Waals surface area contributed by atoms with Gasteiger partial charge < -0.3 is 5.11 Å². The average Bonchev–Trinajstić information content (AvgIpc) is 3.29. The van der Waals surface area contributed by atoms with Gasteiger partial charge in [-0.3, -0.25) is 4.98 Å². The van der Waals surface area contributed by atoms with Crippen molar-refractivity contribution in [2.24, 2.45) is 5.92 Å². The van der Waals surface area contributed by atoms with Crippen LogP contribution in [0.15, 0.2) is 48.7 Å². The van der Waals surface area contributed by atoms with E-state index in [1.165, 1.54) is 17.8 Å². The Morgan fingerprint density at radius 2 is 2.00 bits per heavy atom. The van der Waals surface area contributed by atoms with E-state index in [0.717, 1.165) is 6.42 Å². The minimum absolute atomic E-state index is 0.160. The molecule has 0 aliphatic heterocycles. The van der Waals surface area contributed by atoms with Crippen molar-refractivity contribution < 1.29 is 9.50 Å². The summed E-state index contributed by atoms with van der Waals surface area (Å²) >= 11 is 0. The highest BCUT2D eigenvalue weighted by molar-refractivity contribution is 5.30. The van der Waals surface area contributed by atoms with Gasteiger partial charge >= 0.3 is 0 Å². The zero-order valence-electron chi connectivity index (χ0n) is 11.5. The van der Waals surface area contributed by atoms with Crippen LogP contribution in [-0.4, -0.2) is 10.1 Å². The van der Waals surface area contributed by atoms with Crippen LogP contribution >= 0.6 is 0 Å². The summed E-state index contributed by atoms with van der Waals surface area (Å²) in [6, 6.07) is 13.2. The van der Waals surface area contributed by atoms with Gasteiger partial charge in [-0.05, 0) is 36.5 Å². The van der Waals surface area contributed by atoms with Crippen molar-refractivity contribution in [3.05, 3.63) is 65.7 Å². The SMILES string of the molecule is CCC(O)(c1ccc(F)cn1)C1CC1c1ccccc1. The number of pyridine rings is 1. The predicted molar refractivity (Wildman–Crippen MR) is 75.7 cm³/mol. The minimum Gasteiger partial charge on any atom is -0.383 e. The fourth-order valence-electron chi connectivity index (χ4n) is 3.06. The Hall–Kier alpha value is -1.74. The van der Waals surface area contributed by atoms with E-state index in [0.29, 0.717) is 18.0 Å². The fourth-order valence-corrected chi connectivity index (χ4v) is 3.06. The van der Waals surface area contributed by atoms with Crippen LogP contribution in [0.4, 0.5) is 4.39 Å². The third kappa shape index (κ3) is 2.22. The average molecular weight is 271 g/mol. The molecular weight excluding hydrogens is 253 g/mol. The van der Waals surface area contributed by atoms with Gasteiger partial charge in [-0.1, -0.05) is 37.3 Å². The highest BCUT2D eigenvalue weighted by atomic mass is 19.1. The van der Waals surface area contributed by atoms with Gasteiger partial charge in [0.25, 0.3) is 0 Å². The van der Waals surface area contributed by atoms with Crippen molar-refractivity contribution in [3.8, 4) is 0 Å². The molecule has 1 fully saturated rings. The molecule has 1 aromatic carbocycles. The lowest BCUT2D eigenvalue weighted by Crippen LogP contribution is -2.29. The first-order valence-electron chi connectivity index (χ1n) is 7.04. The number of hydrogen-bond acceptors (Lipinski definition) is 2. The van der Waals surface area contributed by atoms with Gasteiger partial charge in [-0.2, -0.15) is 0 Å². The largest absolute Gasteiger partial charge is 0.383 e. The van der Waals surface area contributed by atoms with Crippen LogP contribution in [-0.2, 0) is 5.60 Å². The lowest BCUT2D eigenvalue weighted by molar-refractivity contribution is 0.00252. The van der Waals surface area contributed by atoms with E-state index in [4.69, 9.17) is 0 Å². The molecule has 3 unspecified atom stereocenters. The molecule has 2 nitrogen and oxygen atoms in total. The maximum absolute atomic E-state index is 13.0. The normalized spacial score (nSPS) is 24.1. The molecule has 3 heteroatoms. The third-order valence-electron chi connectivity index (χ3n) is 4.34. The minimum atomic E-state index is -0.964. The van der Waals surface area contributed by atoms with Gasteiger partial charge in [-0.25, -0.2) is 4.39 Å². The highest BCUT2D eigenvalue weighted by Crippen LogP contribution is 2.57. The second-order valence-electron chi connectivity index (χ2n) is 5.50. The number of nitrogens with zero attached hydrogens (tertiary/aromatic N) is 1. The molecular formula is C17H18FNO. The highest BCUT2D eigenvalue weighted by Gasteiger charge is 2.53. The molecule has 1 aliphatic rings.